The van der Waals surface area contributed by atoms with E-state index in [0.29, 0.717) is 22.3 Å². The van der Waals surface area contributed by atoms with Crippen LogP contribution in [0.25, 0.3) is 17.1 Å². The number of carboxylic acid groups (broad SMARTS) is 1. The Hall–Kier alpha value is -3.66. The van der Waals surface area contributed by atoms with Crippen LogP contribution in [-0.4, -0.2) is 30.8 Å². The molecule has 0 saturated carbocycles. The summed E-state index contributed by atoms with van der Waals surface area (Å²) in [6.07, 6.45) is -1.35. The molecule has 0 spiro atoms. The summed E-state index contributed by atoms with van der Waals surface area (Å²) in [7, 11) is 0. The van der Waals surface area contributed by atoms with E-state index in [1.165, 1.54) is 30.0 Å². The summed E-state index contributed by atoms with van der Waals surface area (Å²) in [4.78, 5) is 15.0. The zero-order valence-corrected chi connectivity index (χ0v) is 17.1. The van der Waals surface area contributed by atoms with Crippen molar-refractivity contribution in [3.63, 3.8) is 0 Å². The first-order valence-corrected chi connectivity index (χ1v) is 10.3. The van der Waals surface area contributed by atoms with E-state index in [1.807, 2.05) is 0 Å². The van der Waals surface area contributed by atoms with E-state index in [2.05, 4.69) is 15.2 Å². The Labute approximate surface area is 184 Å². The quantitative estimate of drug-likeness (QED) is 0.395. The molecule has 0 bridgehead atoms. The van der Waals surface area contributed by atoms with Crippen LogP contribution in [0.3, 0.4) is 0 Å². The fourth-order valence-corrected chi connectivity index (χ4v) is 3.90. The van der Waals surface area contributed by atoms with Crippen molar-refractivity contribution in [3.05, 3.63) is 89.7 Å². The molecule has 4 rings (SSSR count). The molecule has 4 aromatic rings. The van der Waals surface area contributed by atoms with Crippen molar-refractivity contribution >= 4 is 17.7 Å². The number of pyridine rings is 1. The maximum Gasteiger partial charge on any atom is 0.416 e. The minimum atomic E-state index is -4.49. The van der Waals surface area contributed by atoms with Gasteiger partial charge in [-0.25, -0.2) is 4.79 Å². The molecule has 0 amide bonds. The topological polar surface area (TPSA) is 80.9 Å². The highest BCUT2D eigenvalue weighted by Gasteiger charge is 2.31. The number of benzene rings is 2. The van der Waals surface area contributed by atoms with Gasteiger partial charge in [0.25, 0.3) is 0 Å². The zero-order chi connectivity index (χ0) is 22.7. The third kappa shape index (κ3) is 4.65. The van der Waals surface area contributed by atoms with Crippen LogP contribution in [0.5, 0.6) is 0 Å². The molecule has 1 N–H and O–H groups in total. The van der Waals surface area contributed by atoms with Crippen LogP contribution in [-0.2, 0) is 11.9 Å². The summed E-state index contributed by atoms with van der Waals surface area (Å²) >= 11 is 1.28. The second-order valence-electron chi connectivity index (χ2n) is 6.72. The molecule has 0 aliphatic carbocycles. The molecule has 6 nitrogen and oxygen atoms in total. The fraction of sp³-hybridized carbons (Fsp3) is 0.0909. The lowest BCUT2D eigenvalue weighted by molar-refractivity contribution is -0.137. The first-order chi connectivity index (χ1) is 15.3. The molecule has 0 fully saturated rings. The number of halogens is 3. The van der Waals surface area contributed by atoms with Crippen LogP contribution in [0, 0.1) is 0 Å². The van der Waals surface area contributed by atoms with Gasteiger partial charge in [0.15, 0.2) is 11.0 Å². The molecule has 0 saturated heterocycles. The largest absolute Gasteiger partial charge is 0.478 e. The van der Waals surface area contributed by atoms with Crippen molar-refractivity contribution in [2.24, 2.45) is 0 Å². The predicted octanol–water partition coefficient (Wildman–Crippen LogP) is 5.34. The molecule has 2 heterocycles. The van der Waals surface area contributed by atoms with Gasteiger partial charge in [0.1, 0.15) is 0 Å². The van der Waals surface area contributed by atoms with Gasteiger partial charge in [-0.15, -0.1) is 10.2 Å². The van der Waals surface area contributed by atoms with Crippen LogP contribution in [0.2, 0.25) is 0 Å². The molecular weight excluding hydrogens is 441 g/mol. The van der Waals surface area contributed by atoms with Gasteiger partial charge in [0, 0.05) is 23.7 Å². The van der Waals surface area contributed by atoms with Gasteiger partial charge in [0.2, 0.25) is 0 Å². The molecule has 0 radical (unpaired) electrons. The van der Waals surface area contributed by atoms with Crippen LogP contribution in [0.1, 0.15) is 21.5 Å². The van der Waals surface area contributed by atoms with Gasteiger partial charge >= 0.3 is 12.1 Å². The summed E-state index contributed by atoms with van der Waals surface area (Å²) in [5.41, 5.74) is 1.17. The van der Waals surface area contributed by atoms with E-state index in [1.54, 1.807) is 47.3 Å². The number of hydrogen-bond donors (Lipinski definition) is 1. The Kier molecular flexibility index (Phi) is 5.95. The highest BCUT2D eigenvalue weighted by molar-refractivity contribution is 7.98. The van der Waals surface area contributed by atoms with E-state index in [0.717, 1.165) is 17.7 Å². The number of rotatable bonds is 6. The molecule has 2 aromatic heterocycles. The molecule has 2 aromatic carbocycles. The van der Waals surface area contributed by atoms with Crippen molar-refractivity contribution in [2.75, 3.05) is 0 Å². The van der Waals surface area contributed by atoms with Crippen molar-refractivity contribution < 1.29 is 23.1 Å². The number of thioether (sulfide) groups is 1. The summed E-state index contributed by atoms with van der Waals surface area (Å²) in [6.45, 7) is 0. The lowest BCUT2D eigenvalue weighted by atomic mass is 10.1. The predicted molar refractivity (Wildman–Crippen MR) is 113 cm³/mol. The van der Waals surface area contributed by atoms with Crippen LogP contribution < -0.4 is 0 Å². The summed E-state index contributed by atoms with van der Waals surface area (Å²) in [5.74, 6) is -0.209. The second-order valence-corrected chi connectivity index (χ2v) is 7.66. The number of aromatic carboxylic acids is 1. The number of nitrogens with zero attached hydrogens (tertiary/aromatic N) is 4. The Balaban J connectivity index is 1.72. The maximum atomic E-state index is 13.3. The lowest BCUT2D eigenvalue weighted by Crippen LogP contribution is -2.07. The van der Waals surface area contributed by atoms with E-state index in [9.17, 15) is 18.0 Å². The summed E-state index contributed by atoms with van der Waals surface area (Å²) in [6, 6.07) is 14.7. The first kappa shape index (κ1) is 21.6. The second kappa shape index (κ2) is 8.83. The molecule has 32 heavy (non-hydrogen) atoms. The number of carbonyl (C=O) groups is 1. The van der Waals surface area contributed by atoms with E-state index in [4.69, 9.17) is 5.11 Å². The molecule has 10 heteroatoms. The van der Waals surface area contributed by atoms with E-state index >= 15 is 0 Å². The van der Waals surface area contributed by atoms with Gasteiger partial charge in [-0.1, -0.05) is 30.0 Å². The molecule has 162 valence electrons. The SMILES string of the molecule is O=C(O)c1ccc(CSc2nnc(-c3ccncc3)n2-c2cccc(C(F)(F)F)c2)cc1. The molecule has 0 atom stereocenters. The minimum absolute atomic E-state index is 0.172. The van der Waals surface area contributed by atoms with Gasteiger partial charge < -0.3 is 5.11 Å². The van der Waals surface area contributed by atoms with Crippen molar-refractivity contribution in [1.82, 2.24) is 19.7 Å². The average molecular weight is 456 g/mol. The monoisotopic (exact) mass is 456 g/mol. The Morgan fingerprint density at radius 1 is 1.00 bits per heavy atom. The lowest BCUT2D eigenvalue weighted by Gasteiger charge is -2.13. The van der Waals surface area contributed by atoms with Gasteiger partial charge in [-0.05, 0) is 48.0 Å². The Morgan fingerprint density at radius 3 is 2.38 bits per heavy atom. The molecule has 0 aliphatic heterocycles. The molecule has 0 aliphatic rings. The van der Waals surface area contributed by atoms with Crippen LogP contribution in [0.15, 0.2) is 78.2 Å². The first-order valence-electron chi connectivity index (χ1n) is 9.31. The average Bonchev–Trinajstić information content (AvgIpc) is 3.22. The number of carboxylic acids is 1. The highest BCUT2D eigenvalue weighted by atomic mass is 32.2. The summed E-state index contributed by atoms with van der Waals surface area (Å²) in [5, 5.41) is 17.8. The molecular formula is C22H15F3N4O2S. The van der Waals surface area contributed by atoms with Crippen molar-refractivity contribution in [1.29, 1.82) is 0 Å². The maximum absolute atomic E-state index is 13.3. The molecule has 0 unspecified atom stereocenters. The normalized spacial score (nSPS) is 11.5. The van der Waals surface area contributed by atoms with Crippen molar-refractivity contribution in [3.8, 4) is 17.1 Å². The third-order valence-electron chi connectivity index (χ3n) is 4.57. The van der Waals surface area contributed by atoms with Crippen LogP contribution in [0.4, 0.5) is 13.2 Å². The van der Waals surface area contributed by atoms with Gasteiger partial charge in [-0.2, -0.15) is 13.2 Å². The standard InChI is InChI=1S/C22H15F3N4O2S/c23-22(24,25)17-2-1-3-18(12-17)29-19(15-8-10-26-11-9-15)27-28-21(29)32-13-14-4-6-16(7-5-14)20(30)31/h1-12H,13H2,(H,30,31). The van der Waals surface area contributed by atoms with Crippen molar-refractivity contribution in [2.45, 2.75) is 17.1 Å². The zero-order valence-electron chi connectivity index (χ0n) is 16.3. The summed E-state index contributed by atoms with van der Waals surface area (Å²) < 4.78 is 41.5. The van der Waals surface area contributed by atoms with Gasteiger partial charge in [0.05, 0.1) is 16.8 Å². The number of hydrogen-bond acceptors (Lipinski definition) is 5. The van der Waals surface area contributed by atoms with E-state index < -0.39 is 17.7 Å². The number of alkyl halides is 3. The third-order valence-corrected chi connectivity index (χ3v) is 5.57. The Bertz CT molecular complexity index is 1240. The highest BCUT2D eigenvalue weighted by Crippen LogP contribution is 2.34. The number of aromatic nitrogens is 4. The Morgan fingerprint density at radius 2 is 1.72 bits per heavy atom. The smallest absolute Gasteiger partial charge is 0.416 e. The van der Waals surface area contributed by atoms with E-state index in [-0.39, 0.29) is 11.3 Å². The van der Waals surface area contributed by atoms with Gasteiger partial charge in [-0.3, -0.25) is 9.55 Å². The van der Waals surface area contributed by atoms with Crippen LogP contribution >= 0.6 is 11.8 Å². The fourth-order valence-electron chi connectivity index (χ4n) is 3.00. The minimum Gasteiger partial charge on any atom is -0.478 e.